The van der Waals surface area contributed by atoms with Crippen LogP contribution < -0.4 is 10.2 Å². The van der Waals surface area contributed by atoms with Gasteiger partial charge in [0.05, 0.1) is 24.1 Å². The van der Waals surface area contributed by atoms with E-state index in [9.17, 15) is 9.59 Å². The number of methoxy groups -OCH3 is 1. The Morgan fingerprint density at radius 2 is 1.74 bits per heavy atom. The second kappa shape index (κ2) is 9.03. The number of benzene rings is 3. The number of carbonyl (C=O) groups excluding carboxylic acids is 1. The lowest BCUT2D eigenvalue weighted by atomic mass is 9.98. The summed E-state index contributed by atoms with van der Waals surface area (Å²) in [5, 5.41) is 0.509. The molecule has 0 aliphatic carbocycles. The zero-order valence-electron chi connectivity index (χ0n) is 19.3. The molecule has 4 aromatic rings. The smallest absolute Gasteiger partial charge is 0.290 e. The molecule has 0 saturated carbocycles. The van der Waals surface area contributed by atoms with Crippen LogP contribution in [-0.2, 0) is 6.42 Å². The van der Waals surface area contributed by atoms with Crippen LogP contribution in [0.2, 0.25) is 0 Å². The average Bonchev–Trinajstić information content (AvgIpc) is 3.15. The van der Waals surface area contributed by atoms with E-state index >= 15 is 0 Å². The minimum absolute atomic E-state index is 0.140. The highest BCUT2D eigenvalue weighted by Crippen LogP contribution is 2.38. The fraction of sp³-hybridized carbons (Fsp3) is 0.214. The van der Waals surface area contributed by atoms with E-state index in [4.69, 9.17) is 9.15 Å². The van der Waals surface area contributed by atoms with Crippen molar-refractivity contribution >= 4 is 28.6 Å². The molecule has 3 aromatic carbocycles. The van der Waals surface area contributed by atoms with Gasteiger partial charge >= 0.3 is 0 Å². The highest BCUT2D eigenvalue weighted by molar-refractivity contribution is 7.98. The minimum atomic E-state index is -0.488. The van der Waals surface area contributed by atoms with E-state index in [1.165, 1.54) is 0 Å². The number of carbonyl (C=O) groups is 1. The van der Waals surface area contributed by atoms with Gasteiger partial charge in [0.15, 0.2) is 5.43 Å². The minimum Gasteiger partial charge on any atom is -0.497 e. The second-order valence-corrected chi connectivity index (χ2v) is 9.33. The monoisotopic (exact) mass is 471 g/mol. The first kappa shape index (κ1) is 22.3. The third-order valence-electron chi connectivity index (χ3n) is 6.35. The van der Waals surface area contributed by atoms with Gasteiger partial charge in [-0.2, -0.15) is 0 Å². The molecule has 1 aliphatic rings. The molecule has 6 heteroatoms. The molecule has 1 aromatic heterocycles. The van der Waals surface area contributed by atoms with Gasteiger partial charge in [-0.1, -0.05) is 35.9 Å². The van der Waals surface area contributed by atoms with Crippen LogP contribution in [0.15, 0.2) is 80.8 Å². The molecule has 5 rings (SSSR count). The van der Waals surface area contributed by atoms with Gasteiger partial charge < -0.3 is 14.1 Å². The summed E-state index contributed by atoms with van der Waals surface area (Å²) in [6.07, 6.45) is 2.67. The summed E-state index contributed by atoms with van der Waals surface area (Å²) in [7, 11) is 1.64. The van der Waals surface area contributed by atoms with Crippen LogP contribution in [0.25, 0.3) is 11.0 Å². The second-order valence-electron chi connectivity index (χ2n) is 8.45. The Morgan fingerprint density at radius 3 is 2.41 bits per heavy atom. The average molecular weight is 472 g/mol. The molecule has 0 saturated heterocycles. The largest absolute Gasteiger partial charge is 0.497 e. The molecule has 1 aliphatic heterocycles. The van der Waals surface area contributed by atoms with Crippen LogP contribution in [0.5, 0.6) is 5.75 Å². The van der Waals surface area contributed by atoms with Crippen LogP contribution >= 0.6 is 11.8 Å². The summed E-state index contributed by atoms with van der Waals surface area (Å²) < 4.78 is 11.3. The maximum absolute atomic E-state index is 13.7. The van der Waals surface area contributed by atoms with Crippen molar-refractivity contribution in [3.05, 3.63) is 105 Å². The number of amides is 1. The SMILES string of the molecule is COc1ccc(CCN2C(=O)c3oc4ccc(C)cc4c(=O)c3C2c2ccc(SC)cc2)cc1. The van der Waals surface area contributed by atoms with Crippen molar-refractivity contribution in [3.63, 3.8) is 0 Å². The highest BCUT2D eigenvalue weighted by Gasteiger charge is 2.42. The van der Waals surface area contributed by atoms with Gasteiger partial charge in [0, 0.05) is 11.4 Å². The van der Waals surface area contributed by atoms with Gasteiger partial charge in [-0.25, -0.2) is 0 Å². The molecule has 5 nitrogen and oxygen atoms in total. The number of rotatable bonds is 6. The Kier molecular flexibility index (Phi) is 5.92. The Balaban J connectivity index is 1.59. The van der Waals surface area contributed by atoms with Crippen molar-refractivity contribution in [1.82, 2.24) is 4.90 Å². The maximum atomic E-state index is 13.7. The Bertz CT molecular complexity index is 1420. The number of aryl methyl sites for hydroxylation is 1. The van der Waals surface area contributed by atoms with Crippen molar-refractivity contribution in [2.45, 2.75) is 24.3 Å². The van der Waals surface area contributed by atoms with Gasteiger partial charge in [0.1, 0.15) is 11.3 Å². The van der Waals surface area contributed by atoms with E-state index < -0.39 is 6.04 Å². The molecule has 1 amide bonds. The molecular formula is C28H25NO4S. The number of nitrogens with zero attached hydrogens (tertiary/aromatic N) is 1. The molecule has 172 valence electrons. The quantitative estimate of drug-likeness (QED) is 0.342. The van der Waals surface area contributed by atoms with Gasteiger partial charge in [-0.05, 0) is 67.1 Å². The Hall–Kier alpha value is -3.51. The molecule has 0 spiro atoms. The summed E-state index contributed by atoms with van der Waals surface area (Å²) >= 11 is 1.65. The van der Waals surface area contributed by atoms with E-state index in [0.717, 1.165) is 27.3 Å². The van der Waals surface area contributed by atoms with Crippen LogP contribution in [0.1, 0.15) is 38.9 Å². The van der Waals surface area contributed by atoms with Gasteiger partial charge in [0.2, 0.25) is 5.76 Å². The van der Waals surface area contributed by atoms with Gasteiger partial charge in [-0.15, -0.1) is 11.8 Å². The number of hydrogen-bond acceptors (Lipinski definition) is 5. The molecule has 34 heavy (non-hydrogen) atoms. The van der Waals surface area contributed by atoms with E-state index in [-0.39, 0.29) is 17.1 Å². The first-order chi connectivity index (χ1) is 16.5. The van der Waals surface area contributed by atoms with E-state index in [0.29, 0.717) is 29.5 Å². The standard InChI is InChI=1S/C28H25NO4S/c1-17-4-13-23-22(16-17)26(30)24-25(19-7-11-21(34-3)12-8-19)29(28(31)27(24)33-23)15-14-18-5-9-20(32-2)10-6-18/h4-13,16,25H,14-15H2,1-3H3. The van der Waals surface area contributed by atoms with E-state index in [1.54, 1.807) is 29.8 Å². The lowest BCUT2D eigenvalue weighted by molar-refractivity contribution is 0.0730. The molecule has 0 N–H and O–H groups in total. The van der Waals surface area contributed by atoms with E-state index in [2.05, 4.69) is 0 Å². The van der Waals surface area contributed by atoms with Crippen molar-refractivity contribution in [2.75, 3.05) is 19.9 Å². The van der Waals surface area contributed by atoms with Crippen molar-refractivity contribution in [2.24, 2.45) is 0 Å². The normalized spacial score (nSPS) is 15.1. The molecule has 1 unspecified atom stereocenters. The van der Waals surface area contributed by atoms with E-state index in [1.807, 2.05) is 73.8 Å². The number of fused-ring (bicyclic) bond motifs is 2. The Labute approximate surface area is 202 Å². The van der Waals surface area contributed by atoms with Gasteiger partial charge in [0.25, 0.3) is 5.91 Å². The molecule has 2 heterocycles. The lowest BCUT2D eigenvalue weighted by Gasteiger charge is -2.25. The fourth-order valence-corrected chi connectivity index (χ4v) is 4.95. The summed E-state index contributed by atoms with van der Waals surface area (Å²) in [5.74, 6) is 0.689. The maximum Gasteiger partial charge on any atom is 0.290 e. The van der Waals surface area contributed by atoms with Crippen LogP contribution in [-0.4, -0.2) is 30.7 Å². The predicted molar refractivity (Wildman–Crippen MR) is 135 cm³/mol. The summed E-state index contributed by atoms with van der Waals surface area (Å²) in [5.41, 5.74) is 3.69. The number of thioether (sulfide) groups is 1. The Morgan fingerprint density at radius 1 is 1.00 bits per heavy atom. The van der Waals surface area contributed by atoms with Crippen LogP contribution in [0.4, 0.5) is 0 Å². The first-order valence-corrected chi connectivity index (χ1v) is 12.4. The molecule has 0 fully saturated rings. The number of ether oxygens (including phenoxy) is 1. The van der Waals surface area contributed by atoms with Crippen molar-refractivity contribution < 1.29 is 13.9 Å². The highest BCUT2D eigenvalue weighted by atomic mass is 32.2. The van der Waals surface area contributed by atoms with Crippen molar-refractivity contribution in [3.8, 4) is 5.75 Å². The molecule has 0 bridgehead atoms. The molecule has 0 radical (unpaired) electrons. The van der Waals surface area contributed by atoms with Crippen molar-refractivity contribution in [1.29, 1.82) is 0 Å². The van der Waals surface area contributed by atoms with Gasteiger partial charge in [-0.3, -0.25) is 9.59 Å². The first-order valence-electron chi connectivity index (χ1n) is 11.2. The number of hydrogen-bond donors (Lipinski definition) is 0. The molecular weight excluding hydrogens is 446 g/mol. The summed E-state index contributed by atoms with van der Waals surface area (Å²) in [4.78, 5) is 30.1. The van der Waals surface area contributed by atoms with Crippen LogP contribution in [0, 0.1) is 6.92 Å². The molecule has 1 atom stereocenters. The summed E-state index contributed by atoms with van der Waals surface area (Å²) in [6.45, 7) is 2.40. The zero-order valence-corrected chi connectivity index (χ0v) is 20.1. The summed E-state index contributed by atoms with van der Waals surface area (Å²) in [6, 6.07) is 20.9. The lowest BCUT2D eigenvalue weighted by Crippen LogP contribution is -2.31. The zero-order chi connectivity index (χ0) is 23.8. The fourth-order valence-electron chi connectivity index (χ4n) is 4.54. The predicted octanol–water partition coefficient (Wildman–Crippen LogP) is 5.62. The third-order valence-corrected chi connectivity index (χ3v) is 7.10. The topological polar surface area (TPSA) is 59.8 Å². The third kappa shape index (κ3) is 3.88. The van der Waals surface area contributed by atoms with Crippen LogP contribution in [0.3, 0.4) is 0 Å².